The van der Waals surface area contributed by atoms with Crippen LogP contribution in [0, 0.1) is 3.57 Å². The molecule has 0 aliphatic heterocycles. The fourth-order valence-electron chi connectivity index (χ4n) is 1.74. The molecule has 0 spiro atoms. The topological polar surface area (TPSA) is 0 Å². The summed E-state index contributed by atoms with van der Waals surface area (Å²) in [5, 5.41) is 0. The van der Waals surface area contributed by atoms with E-state index < -0.39 is 7.25 Å². The monoisotopic (exact) mass is 386 g/mol. The first-order valence-electron chi connectivity index (χ1n) is 6.19. The van der Waals surface area contributed by atoms with Crippen molar-refractivity contribution in [2.45, 2.75) is 32.1 Å². The Hall–Kier alpha value is -0.525. The van der Waals surface area contributed by atoms with Crippen molar-refractivity contribution in [2.24, 2.45) is 0 Å². The molecule has 0 N–H and O–H groups in total. The summed E-state index contributed by atoms with van der Waals surface area (Å²) in [6.45, 7) is 0. The normalized spacial score (nSPS) is 15.5. The maximum atomic E-state index is 9.75. The van der Waals surface area contributed by atoms with Crippen LogP contribution >= 0.6 is 0 Å². The Balaban J connectivity index is 0.000000312. The van der Waals surface area contributed by atoms with Gasteiger partial charge in [0, 0.05) is 0 Å². The largest absolute Gasteiger partial charge is 0.673 e. The van der Waals surface area contributed by atoms with Gasteiger partial charge in [0.1, 0.15) is 0 Å². The van der Waals surface area contributed by atoms with E-state index >= 15 is 0 Å². The van der Waals surface area contributed by atoms with E-state index in [1.165, 1.54) is 32.1 Å². The van der Waals surface area contributed by atoms with Gasteiger partial charge in [-0.3, -0.25) is 0 Å². The maximum absolute atomic E-state index is 9.75. The second-order valence-electron chi connectivity index (χ2n) is 4.23. The predicted octanol–water partition coefficient (Wildman–Crippen LogP) is 2.09. The molecule has 1 saturated carbocycles. The summed E-state index contributed by atoms with van der Waals surface area (Å²) in [5.41, 5.74) is 1.73. The number of halogens is 5. The molecular weight excluding hydrogens is 370 g/mol. The van der Waals surface area contributed by atoms with E-state index in [-0.39, 0.29) is 21.2 Å². The Labute approximate surface area is 121 Å². The zero-order valence-electron chi connectivity index (χ0n) is 10.5. The van der Waals surface area contributed by atoms with Crippen LogP contribution in [-0.2, 0) is 0 Å². The highest BCUT2D eigenvalue weighted by Gasteiger charge is 2.20. The molecule has 1 aromatic carbocycles. The molecule has 1 aliphatic carbocycles. The average molecular weight is 386 g/mol. The fourth-order valence-corrected chi connectivity index (χ4v) is 4.00. The van der Waals surface area contributed by atoms with Crippen molar-refractivity contribution in [1.29, 1.82) is 0 Å². The molecule has 0 nitrogen and oxygen atoms in total. The molecule has 0 bridgehead atoms. The molecule has 2 rings (SSSR count). The summed E-state index contributed by atoms with van der Waals surface area (Å²) in [6.07, 6.45) is 7.02. The van der Waals surface area contributed by atoms with E-state index in [4.69, 9.17) is 0 Å². The molecule has 1 aliphatic rings. The highest BCUT2D eigenvalue weighted by Crippen LogP contribution is 2.20. The highest BCUT2D eigenvalue weighted by atomic mass is 127. The van der Waals surface area contributed by atoms with E-state index in [9.17, 15) is 17.3 Å². The summed E-state index contributed by atoms with van der Waals surface area (Å²) in [7, 11) is -6.00. The molecule has 1 fully saturated rings. The quantitative estimate of drug-likeness (QED) is 0.415. The van der Waals surface area contributed by atoms with E-state index in [1.54, 1.807) is 9.14 Å². The standard InChI is InChI=1S/C13H16I.BF4/c1-3-7-12(8-4-1)11-14-13-9-5-2-6-10-13;2-1(3,4)5/h2,5-6,9-11H,1,3-4,7-8H2;/q+1;-1. The first-order valence-corrected chi connectivity index (χ1v) is 8.51. The molecule has 106 valence electrons. The minimum Gasteiger partial charge on any atom is -0.418 e. The lowest BCUT2D eigenvalue weighted by atomic mass is 9.97. The van der Waals surface area contributed by atoms with Gasteiger partial charge in [-0.1, -0.05) is 24.6 Å². The van der Waals surface area contributed by atoms with Crippen LogP contribution in [0.4, 0.5) is 17.3 Å². The Morgan fingerprint density at radius 3 is 1.95 bits per heavy atom. The van der Waals surface area contributed by atoms with E-state index in [2.05, 4.69) is 34.4 Å². The smallest absolute Gasteiger partial charge is 0.418 e. The van der Waals surface area contributed by atoms with Crippen LogP contribution in [-0.4, -0.2) is 7.25 Å². The van der Waals surface area contributed by atoms with Crippen molar-refractivity contribution in [3.63, 3.8) is 0 Å². The lowest BCUT2D eigenvalue weighted by Gasteiger charge is -2.09. The van der Waals surface area contributed by atoms with Crippen LogP contribution in [0.1, 0.15) is 32.1 Å². The van der Waals surface area contributed by atoms with Crippen LogP contribution in [0.2, 0.25) is 0 Å². The molecule has 1 aromatic rings. The molecule has 0 amide bonds. The molecule has 0 radical (unpaired) electrons. The minimum absolute atomic E-state index is 0.140. The van der Waals surface area contributed by atoms with Gasteiger partial charge < -0.3 is 17.3 Å². The molecular formula is C13H16BF4I. The molecule has 0 atom stereocenters. The average Bonchev–Trinajstić information content (AvgIpc) is 2.37. The molecule has 0 aromatic heterocycles. The van der Waals surface area contributed by atoms with Gasteiger partial charge in [0.15, 0.2) is 7.65 Å². The second-order valence-corrected chi connectivity index (χ2v) is 6.72. The number of rotatable bonds is 2. The van der Waals surface area contributed by atoms with Crippen molar-refractivity contribution < 1.29 is 38.5 Å². The Morgan fingerprint density at radius 1 is 0.895 bits per heavy atom. The lowest BCUT2D eigenvalue weighted by molar-refractivity contribution is -0.557. The third-order valence-corrected chi connectivity index (χ3v) is 5.19. The van der Waals surface area contributed by atoms with E-state index in [1.807, 2.05) is 0 Å². The van der Waals surface area contributed by atoms with E-state index in [0.29, 0.717) is 0 Å². The molecule has 0 unspecified atom stereocenters. The third-order valence-electron chi connectivity index (χ3n) is 2.56. The Bertz CT molecular complexity index is 375. The number of hydrogen-bond donors (Lipinski definition) is 0. The highest BCUT2D eigenvalue weighted by molar-refractivity contribution is 6.50. The van der Waals surface area contributed by atoms with Gasteiger partial charge in [-0.2, -0.15) is 0 Å². The van der Waals surface area contributed by atoms with Crippen LogP contribution < -0.4 is 21.2 Å². The van der Waals surface area contributed by atoms with Crippen molar-refractivity contribution >= 4 is 7.25 Å². The van der Waals surface area contributed by atoms with Gasteiger partial charge in [0.2, 0.25) is 0 Å². The van der Waals surface area contributed by atoms with Crippen LogP contribution in [0.25, 0.3) is 0 Å². The fraction of sp³-hybridized carbons (Fsp3) is 0.385. The third kappa shape index (κ3) is 9.98. The van der Waals surface area contributed by atoms with Crippen LogP contribution in [0.5, 0.6) is 0 Å². The first kappa shape index (κ1) is 16.5. The van der Waals surface area contributed by atoms with Crippen molar-refractivity contribution in [3.05, 3.63) is 43.6 Å². The molecule has 6 heteroatoms. The van der Waals surface area contributed by atoms with Crippen molar-refractivity contribution in [1.82, 2.24) is 0 Å². The SMILES string of the molecule is C([I+]c1ccccc1)=C1CCCCC1.F[B-](F)(F)F. The molecule has 0 saturated heterocycles. The first-order chi connectivity index (χ1) is 8.95. The summed E-state index contributed by atoms with van der Waals surface area (Å²) in [6, 6.07) is 10.9. The second kappa shape index (κ2) is 8.61. The Morgan fingerprint density at radius 2 is 1.42 bits per heavy atom. The van der Waals surface area contributed by atoms with E-state index in [0.717, 1.165) is 0 Å². The van der Waals surface area contributed by atoms with Gasteiger partial charge in [0.05, 0.1) is 0 Å². The van der Waals surface area contributed by atoms with Gasteiger partial charge >= 0.3 is 28.5 Å². The van der Waals surface area contributed by atoms with Gasteiger partial charge in [-0.15, -0.1) is 0 Å². The molecule has 0 heterocycles. The number of hydrogen-bond acceptors (Lipinski definition) is 0. The summed E-state index contributed by atoms with van der Waals surface area (Å²) in [5.74, 6) is 0. The summed E-state index contributed by atoms with van der Waals surface area (Å²) < 4.78 is 43.1. The van der Waals surface area contributed by atoms with Crippen LogP contribution in [0.15, 0.2) is 40.0 Å². The molecule has 19 heavy (non-hydrogen) atoms. The van der Waals surface area contributed by atoms with Crippen molar-refractivity contribution in [2.75, 3.05) is 0 Å². The van der Waals surface area contributed by atoms with Crippen LogP contribution in [0.3, 0.4) is 0 Å². The summed E-state index contributed by atoms with van der Waals surface area (Å²) in [4.78, 5) is 0. The minimum atomic E-state index is -6.00. The van der Waals surface area contributed by atoms with Gasteiger partial charge in [0.25, 0.3) is 0 Å². The van der Waals surface area contributed by atoms with Crippen molar-refractivity contribution in [3.8, 4) is 0 Å². The summed E-state index contributed by atoms with van der Waals surface area (Å²) >= 11 is 0.140. The zero-order chi connectivity index (χ0) is 14.1. The van der Waals surface area contributed by atoms with Gasteiger partial charge in [-0.05, 0) is 43.4 Å². The Kier molecular flexibility index (Phi) is 7.49. The maximum Gasteiger partial charge on any atom is 0.673 e. The zero-order valence-corrected chi connectivity index (χ0v) is 12.6. The van der Waals surface area contributed by atoms with Gasteiger partial charge in [-0.25, -0.2) is 0 Å². The predicted molar refractivity (Wildman–Crippen MR) is 66.5 cm³/mol. The number of allylic oxidation sites excluding steroid dienone is 1. The number of benzene rings is 1. The lowest BCUT2D eigenvalue weighted by Crippen LogP contribution is -3.59.